The summed E-state index contributed by atoms with van der Waals surface area (Å²) in [4.78, 5) is 10.6. The highest BCUT2D eigenvalue weighted by Crippen LogP contribution is 2.44. The van der Waals surface area contributed by atoms with Gasteiger partial charge < -0.3 is 4.74 Å². The zero-order valence-corrected chi connectivity index (χ0v) is 7.84. The molecule has 66 valence electrons. The minimum Gasteiger partial charge on any atom is -0.465 e. The fourth-order valence-electron chi connectivity index (χ4n) is 1.76. The molecule has 0 aromatic heterocycles. The summed E-state index contributed by atoms with van der Waals surface area (Å²) in [6.45, 7) is 2.05. The predicted molar refractivity (Wildman–Crippen MR) is 49.0 cm³/mol. The van der Waals surface area contributed by atoms with Gasteiger partial charge in [-0.15, -0.1) is 11.8 Å². The molecule has 2 rings (SSSR count). The molecule has 0 unspecified atom stereocenters. The van der Waals surface area contributed by atoms with E-state index in [2.05, 4.69) is 12.2 Å². The molecule has 0 aromatic rings. The highest BCUT2D eigenvalue weighted by molar-refractivity contribution is 8.01. The molecule has 2 aliphatic rings. The van der Waals surface area contributed by atoms with E-state index in [1.165, 1.54) is 13.3 Å². The molecule has 0 saturated carbocycles. The molecular formula is C9H12O2S. The summed E-state index contributed by atoms with van der Waals surface area (Å²) in [5.41, 5.74) is 0. The fourth-order valence-corrected chi connectivity index (χ4v) is 3.27. The highest BCUT2D eigenvalue weighted by atomic mass is 32.2. The maximum Gasteiger partial charge on any atom is 0.302 e. The molecule has 1 fully saturated rings. The van der Waals surface area contributed by atoms with Crippen LogP contribution in [0.3, 0.4) is 0 Å². The van der Waals surface area contributed by atoms with Gasteiger partial charge >= 0.3 is 5.97 Å². The van der Waals surface area contributed by atoms with E-state index in [9.17, 15) is 4.79 Å². The van der Waals surface area contributed by atoms with Crippen LogP contribution in [0.5, 0.6) is 0 Å². The van der Waals surface area contributed by atoms with Gasteiger partial charge in [0, 0.05) is 17.4 Å². The van der Waals surface area contributed by atoms with Crippen LogP contribution in [0.1, 0.15) is 13.3 Å². The third kappa shape index (κ3) is 1.51. The average Bonchev–Trinajstić information content (AvgIpc) is 2.60. The first-order valence-electron chi connectivity index (χ1n) is 4.23. The lowest BCUT2D eigenvalue weighted by Crippen LogP contribution is -2.18. The van der Waals surface area contributed by atoms with Crippen molar-refractivity contribution in [2.45, 2.75) is 23.8 Å². The van der Waals surface area contributed by atoms with Gasteiger partial charge in [0.05, 0.1) is 0 Å². The van der Waals surface area contributed by atoms with Crippen LogP contribution in [0.25, 0.3) is 0 Å². The summed E-state index contributed by atoms with van der Waals surface area (Å²) in [6.07, 6.45) is 5.77. The molecule has 1 heterocycles. The van der Waals surface area contributed by atoms with Gasteiger partial charge in [0.1, 0.15) is 6.61 Å². The van der Waals surface area contributed by atoms with E-state index in [1.54, 1.807) is 0 Å². The standard InChI is InChI=1S/C9H12O2S/c1-6(10)11-5-9-7-2-3-8(4-7)12-9/h2-3,7-9H,4-5H2,1H3/t7-,8+,9-/m1/s1. The van der Waals surface area contributed by atoms with Crippen molar-refractivity contribution in [2.24, 2.45) is 5.92 Å². The molecule has 2 nitrogen and oxygen atoms in total. The Hall–Kier alpha value is -0.440. The van der Waals surface area contributed by atoms with Crippen molar-refractivity contribution in [2.75, 3.05) is 6.61 Å². The van der Waals surface area contributed by atoms with E-state index in [-0.39, 0.29) is 5.97 Å². The molecule has 3 heteroatoms. The molecule has 0 amide bonds. The highest BCUT2D eigenvalue weighted by Gasteiger charge is 2.36. The van der Waals surface area contributed by atoms with E-state index in [0.29, 0.717) is 23.0 Å². The van der Waals surface area contributed by atoms with Crippen LogP contribution in [-0.4, -0.2) is 23.1 Å². The molecule has 0 aromatic carbocycles. The number of esters is 1. The third-order valence-electron chi connectivity index (χ3n) is 2.36. The second-order valence-electron chi connectivity index (χ2n) is 3.30. The van der Waals surface area contributed by atoms with Crippen LogP contribution in [0.4, 0.5) is 0 Å². The Balaban J connectivity index is 1.83. The summed E-state index contributed by atoms with van der Waals surface area (Å²) < 4.78 is 4.98. The second-order valence-corrected chi connectivity index (χ2v) is 4.78. The fraction of sp³-hybridized carbons (Fsp3) is 0.667. The van der Waals surface area contributed by atoms with Gasteiger partial charge in [0.15, 0.2) is 0 Å². The lowest BCUT2D eigenvalue weighted by atomic mass is 10.1. The van der Waals surface area contributed by atoms with Crippen LogP contribution in [-0.2, 0) is 9.53 Å². The van der Waals surface area contributed by atoms with Crippen LogP contribution in [0, 0.1) is 5.92 Å². The first-order chi connectivity index (χ1) is 5.75. The Bertz CT molecular complexity index is 225. The van der Waals surface area contributed by atoms with Gasteiger partial charge in [0.2, 0.25) is 0 Å². The minimum absolute atomic E-state index is 0.164. The van der Waals surface area contributed by atoms with Crippen molar-refractivity contribution < 1.29 is 9.53 Å². The van der Waals surface area contributed by atoms with E-state index >= 15 is 0 Å². The van der Waals surface area contributed by atoms with Crippen molar-refractivity contribution in [1.82, 2.24) is 0 Å². The molecule has 0 spiro atoms. The Morgan fingerprint density at radius 1 is 1.67 bits per heavy atom. The Morgan fingerprint density at radius 3 is 3.00 bits per heavy atom. The van der Waals surface area contributed by atoms with Gasteiger partial charge in [-0.2, -0.15) is 0 Å². The van der Waals surface area contributed by atoms with Crippen molar-refractivity contribution in [1.29, 1.82) is 0 Å². The number of hydrogen-bond donors (Lipinski definition) is 0. The number of allylic oxidation sites excluding steroid dienone is 1. The predicted octanol–water partition coefficient (Wildman–Crippen LogP) is 1.61. The molecule has 1 saturated heterocycles. The quantitative estimate of drug-likeness (QED) is 0.482. The molecule has 0 N–H and O–H groups in total. The van der Waals surface area contributed by atoms with Gasteiger partial charge in [-0.25, -0.2) is 0 Å². The first kappa shape index (κ1) is 8.17. The summed E-state index contributed by atoms with van der Waals surface area (Å²) >= 11 is 1.94. The smallest absolute Gasteiger partial charge is 0.302 e. The molecule has 12 heavy (non-hydrogen) atoms. The zero-order chi connectivity index (χ0) is 8.55. The minimum atomic E-state index is -0.164. The Labute approximate surface area is 76.4 Å². The molecule has 1 aliphatic carbocycles. The normalized spacial score (nSPS) is 37.2. The van der Waals surface area contributed by atoms with Crippen LogP contribution >= 0.6 is 11.8 Å². The van der Waals surface area contributed by atoms with Gasteiger partial charge in [-0.3, -0.25) is 4.79 Å². The molecular weight excluding hydrogens is 172 g/mol. The lowest BCUT2D eigenvalue weighted by molar-refractivity contribution is -0.141. The summed E-state index contributed by atoms with van der Waals surface area (Å²) in [5.74, 6) is 0.488. The van der Waals surface area contributed by atoms with Crippen LogP contribution in [0.15, 0.2) is 12.2 Å². The molecule has 1 aliphatic heterocycles. The summed E-state index contributed by atoms with van der Waals surface area (Å²) in [6, 6.07) is 0. The van der Waals surface area contributed by atoms with E-state index in [0.717, 1.165) is 0 Å². The van der Waals surface area contributed by atoms with Crippen molar-refractivity contribution in [3.8, 4) is 0 Å². The maximum absolute atomic E-state index is 10.6. The number of hydrogen-bond acceptors (Lipinski definition) is 3. The Morgan fingerprint density at radius 2 is 2.50 bits per heavy atom. The summed E-state index contributed by atoms with van der Waals surface area (Å²) in [7, 11) is 0. The van der Waals surface area contributed by atoms with Gasteiger partial charge in [0.25, 0.3) is 0 Å². The van der Waals surface area contributed by atoms with E-state index in [1.807, 2.05) is 11.8 Å². The largest absolute Gasteiger partial charge is 0.465 e. The molecule has 0 radical (unpaired) electrons. The number of fused-ring (bicyclic) bond motifs is 2. The average molecular weight is 184 g/mol. The number of carbonyl (C=O) groups is 1. The topological polar surface area (TPSA) is 26.3 Å². The number of rotatable bonds is 2. The van der Waals surface area contributed by atoms with E-state index in [4.69, 9.17) is 4.74 Å². The number of ether oxygens (including phenoxy) is 1. The monoisotopic (exact) mass is 184 g/mol. The SMILES string of the molecule is CC(=O)OC[C@H]1S[C@H]2C=C[C@@H]1C2. The zero-order valence-electron chi connectivity index (χ0n) is 7.03. The van der Waals surface area contributed by atoms with Crippen LogP contribution < -0.4 is 0 Å². The van der Waals surface area contributed by atoms with Gasteiger partial charge in [-0.1, -0.05) is 12.2 Å². The number of thioether (sulfide) groups is 1. The third-order valence-corrected chi connectivity index (χ3v) is 3.89. The lowest BCUT2D eigenvalue weighted by Gasteiger charge is -2.16. The van der Waals surface area contributed by atoms with Crippen molar-refractivity contribution >= 4 is 17.7 Å². The van der Waals surface area contributed by atoms with Gasteiger partial charge in [-0.05, 0) is 12.3 Å². The van der Waals surface area contributed by atoms with Crippen molar-refractivity contribution in [3.05, 3.63) is 12.2 Å². The number of carbonyl (C=O) groups excluding carboxylic acids is 1. The first-order valence-corrected chi connectivity index (χ1v) is 5.17. The summed E-state index contributed by atoms with van der Waals surface area (Å²) in [5, 5.41) is 1.21. The van der Waals surface area contributed by atoms with Crippen molar-refractivity contribution in [3.63, 3.8) is 0 Å². The van der Waals surface area contributed by atoms with Crippen LogP contribution in [0.2, 0.25) is 0 Å². The Kier molecular flexibility index (Phi) is 2.13. The second kappa shape index (κ2) is 3.13. The maximum atomic E-state index is 10.6. The van der Waals surface area contributed by atoms with E-state index < -0.39 is 0 Å². The molecule has 2 bridgehead atoms. The molecule has 3 atom stereocenters.